The summed E-state index contributed by atoms with van der Waals surface area (Å²) in [5, 5.41) is 2.86. The number of para-hydroxylation sites is 1. The lowest BCUT2D eigenvalue weighted by Crippen LogP contribution is -2.18. The number of carbonyl (C=O) groups is 1. The van der Waals surface area contributed by atoms with E-state index in [0.717, 1.165) is 33.5 Å². The molecule has 2 N–H and O–H groups in total. The second-order valence-electron chi connectivity index (χ2n) is 5.38. The van der Waals surface area contributed by atoms with E-state index in [1.165, 1.54) is 0 Å². The number of rotatable bonds is 1. The third kappa shape index (κ3) is 2.04. The number of thiophene rings is 1. The Kier molecular flexibility index (Phi) is 3.05. The normalized spacial score (nSPS) is 16.2. The fraction of sp³-hybridized carbons (Fsp3) is 0.111. The van der Waals surface area contributed by atoms with Crippen LogP contribution < -0.4 is 5.73 Å². The van der Waals surface area contributed by atoms with E-state index in [4.69, 9.17) is 5.73 Å². The Morgan fingerprint density at radius 3 is 2.82 bits per heavy atom. The van der Waals surface area contributed by atoms with Crippen LogP contribution in [0.25, 0.3) is 17.0 Å². The Labute approximate surface area is 132 Å². The molecule has 4 heteroatoms. The summed E-state index contributed by atoms with van der Waals surface area (Å²) in [5.41, 5.74) is 9.93. The van der Waals surface area contributed by atoms with Crippen molar-refractivity contribution >= 4 is 39.8 Å². The van der Waals surface area contributed by atoms with E-state index in [0.29, 0.717) is 17.7 Å². The number of nitrogen functional groups attached to an aromatic ring is 1. The zero-order chi connectivity index (χ0) is 15.1. The van der Waals surface area contributed by atoms with Gasteiger partial charge >= 0.3 is 0 Å². The van der Waals surface area contributed by atoms with Crippen molar-refractivity contribution in [3.8, 4) is 0 Å². The quantitative estimate of drug-likeness (QED) is 0.689. The van der Waals surface area contributed by atoms with Gasteiger partial charge < -0.3 is 5.73 Å². The van der Waals surface area contributed by atoms with Crippen LogP contribution in [-0.4, -0.2) is 10.8 Å². The number of hydrogen-bond acceptors (Lipinski definition) is 4. The van der Waals surface area contributed by atoms with Gasteiger partial charge in [-0.05, 0) is 36.4 Å². The summed E-state index contributed by atoms with van der Waals surface area (Å²) in [7, 11) is 0. The van der Waals surface area contributed by atoms with E-state index in [9.17, 15) is 4.79 Å². The molecule has 0 radical (unpaired) electrons. The van der Waals surface area contributed by atoms with Crippen molar-refractivity contribution in [1.29, 1.82) is 0 Å². The van der Waals surface area contributed by atoms with E-state index in [1.54, 1.807) is 11.3 Å². The summed E-state index contributed by atoms with van der Waals surface area (Å²) in [6.45, 7) is 0. The molecule has 0 saturated carbocycles. The molecule has 3 nitrogen and oxygen atoms in total. The molecule has 108 valence electrons. The van der Waals surface area contributed by atoms with Crippen LogP contribution in [0.5, 0.6) is 0 Å². The van der Waals surface area contributed by atoms with Crippen LogP contribution in [0.15, 0.2) is 47.4 Å². The second kappa shape index (κ2) is 5.07. The summed E-state index contributed by atoms with van der Waals surface area (Å²) in [6.07, 6.45) is 3.45. The van der Waals surface area contributed by atoms with Gasteiger partial charge in [0.05, 0.1) is 22.5 Å². The van der Waals surface area contributed by atoms with Gasteiger partial charge in [-0.25, -0.2) is 0 Å². The van der Waals surface area contributed by atoms with Crippen molar-refractivity contribution in [2.24, 2.45) is 0 Å². The van der Waals surface area contributed by atoms with Gasteiger partial charge in [-0.2, -0.15) is 0 Å². The van der Waals surface area contributed by atoms with E-state index in [2.05, 4.69) is 4.98 Å². The molecule has 4 rings (SSSR count). The molecule has 2 aromatic heterocycles. The minimum absolute atomic E-state index is 0.0189. The number of nitrogens with two attached hydrogens (primary N) is 1. The van der Waals surface area contributed by atoms with Gasteiger partial charge in [0.25, 0.3) is 0 Å². The van der Waals surface area contributed by atoms with Crippen LogP contribution in [0.1, 0.15) is 27.3 Å². The van der Waals surface area contributed by atoms with Crippen LogP contribution in [-0.2, 0) is 6.42 Å². The van der Waals surface area contributed by atoms with E-state index < -0.39 is 0 Å². The number of fused-ring (bicyclic) bond motifs is 2. The zero-order valence-electron chi connectivity index (χ0n) is 11.9. The number of allylic oxidation sites excluding steroid dienone is 1. The highest BCUT2D eigenvalue weighted by molar-refractivity contribution is 7.10. The summed E-state index contributed by atoms with van der Waals surface area (Å²) in [5.74, 6) is 0.0189. The topological polar surface area (TPSA) is 56.0 Å². The van der Waals surface area contributed by atoms with Crippen molar-refractivity contribution in [2.45, 2.75) is 12.8 Å². The molecule has 2 heterocycles. The molecule has 1 aliphatic carbocycles. The van der Waals surface area contributed by atoms with Crippen molar-refractivity contribution in [2.75, 3.05) is 5.73 Å². The SMILES string of the molecule is Nc1c2c(nc3ccccc13)CC/C(=C/c1cccs1)C2=O. The number of carbonyl (C=O) groups excluding carboxylic acids is 1. The molecule has 0 bridgehead atoms. The summed E-state index contributed by atoms with van der Waals surface area (Å²) >= 11 is 1.63. The van der Waals surface area contributed by atoms with Crippen LogP contribution in [0.2, 0.25) is 0 Å². The third-order valence-corrected chi connectivity index (χ3v) is 4.84. The predicted octanol–water partition coefficient (Wildman–Crippen LogP) is 4.09. The molecule has 1 aliphatic rings. The van der Waals surface area contributed by atoms with Gasteiger partial charge in [-0.3, -0.25) is 9.78 Å². The zero-order valence-corrected chi connectivity index (χ0v) is 12.7. The first-order valence-corrected chi connectivity index (χ1v) is 8.08. The van der Waals surface area contributed by atoms with Gasteiger partial charge in [-0.1, -0.05) is 24.3 Å². The molecule has 0 spiro atoms. The molecular weight excluding hydrogens is 292 g/mol. The molecule has 0 fully saturated rings. The monoisotopic (exact) mass is 306 g/mol. The number of nitrogens with zero attached hydrogens (tertiary/aromatic N) is 1. The van der Waals surface area contributed by atoms with Gasteiger partial charge in [0.15, 0.2) is 5.78 Å². The maximum absolute atomic E-state index is 12.8. The van der Waals surface area contributed by atoms with E-state index in [-0.39, 0.29) is 5.78 Å². The highest BCUT2D eigenvalue weighted by atomic mass is 32.1. The number of benzene rings is 1. The van der Waals surface area contributed by atoms with Crippen molar-refractivity contribution in [1.82, 2.24) is 4.98 Å². The Balaban J connectivity index is 1.88. The molecule has 0 unspecified atom stereocenters. The summed E-state index contributed by atoms with van der Waals surface area (Å²) in [6, 6.07) is 11.7. The summed E-state index contributed by atoms with van der Waals surface area (Å²) in [4.78, 5) is 18.6. The van der Waals surface area contributed by atoms with Gasteiger partial charge in [0.2, 0.25) is 0 Å². The minimum Gasteiger partial charge on any atom is -0.398 e. The first kappa shape index (κ1) is 13.2. The van der Waals surface area contributed by atoms with Crippen LogP contribution in [0, 0.1) is 0 Å². The van der Waals surface area contributed by atoms with Gasteiger partial charge in [-0.15, -0.1) is 11.3 Å². The Morgan fingerprint density at radius 1 is 1.14 bits per heavy atom. The molecule has 0 saturated heterocycles. The highest BCUT2D eigenvalue weighted by Crippen LogP contribution is 2.33. The van der Waals surface area contributed by atoms with Crippen molar-refractivity contribution in [3.05, 3.63) is 63.5 Å². The average molecular weight is 306 g/mol. The lowest BCUT2D eigenvalue weighted by atomic mass is 9.87. The number of pyridine rings is 1. The molecule has 22 heavy (non-hydrogen) atoms. The molecule has 0 atom stereocenters. The second-order valence-corrected chi connectivity index (χ2v) is 6.36. The Bertz CT molecular complexity index is 910. The summed E-state index contributed by atoms with van der Waals surface area (Å²) < 4.78 is 0. The van der Waals surface area contributed by atoms with E-state index in [1.807, 2.05) is 47.9 Å². The number of hydrogen-bond donors (Lipinski definition) is 1. The lowest BCUT2D eigenvalue weighted by Gasteiger charge is -2.19. The smallest absolute Gasteiger partial charge is 0.193 e. The number of ketones is 1. The number of Topliss-reactive ketones (excluding diaryl/α,β-unsaturated/α-hetero) is 1. The van der Waals surface area contributed by atoms with Crippen LogP contribution >= 0.6 is 11.3 Å². The molecule has 1 aromatic carbocycles. The van der Waals surface area contributed by atoms with Crippen LogP contribution in [0.4, 0.5) is 5.69 Å². The molecular formula is C18H14N2OS. The average Bonchev–Trinajstić information content (AvgIpc) is 3.03. The van der Waals surface area contributed by atoms with Gasteiger partial charge in [0.1, 0.15) is 0 Å². The Morgan fingerprint density at radius 2 is 2.00 bits per heavy atom. The van der Waals surface area contributed by atoms with Gasteiger partial charge in [0, 0.05) is 15.8 Å². The lowest BCUT2D eigenvalue weighted by molar-refractivity contribution is 0.102. The van der Waals surface area contributed by atoms with Crippen molar-refractivity contribution < 1.29 is 4.79 Å². The predicted molar refractivity (Wildman–Crippen MR) is 91.1 cm³/mol. The largest absolute Gasteiger partial charge is 0.398 e. The first-order valence-electron chi connectivity index (χ1n) is 7.20. The molecule has 3 aromatic rings. The Hall–Kier alpha value is -2.46. The maximum Gasteiger partial charge on any atom is 0.193 e. The molecule has 0 amide bonds. The fourth-order valence-electron chi connectivity index (χ4n) is 2.93. The standard InChI is InChI=1S/C18H14N2OS/c19-17-13-5-1-2-6-14(13)20-15-8-7-11(18(21)16(15)17)10-12-4-3-9-22-12/h1-6,9-10H,7-8H2,(H2,19,20)/b11-10-. The third-order valence-electron chi connectivity index (χ3n) is 4.02. The number of aryl methyl sites for hydroxylation is 1. The van der Waals surface area contributed by atoms with E-state index >= 15 is 0 Å². The minimum atomic E-state index is 0.0189. The fourth-order valence-corrected chi connectivity index (χ4v) is 3.62. The molecule has 0 aliphatic heterocycles. The maximum atomic E-state index is 12.8. The first-order chi connectivity index (χ1) is 10.7. The van der Waals surface area contributed by atoms with Crippen LogP contribution in [0.3, 0.4) is 0 Å². The van der Waals surface area contributed by atoms with Crippen molar-refractivity contribution in [3.63, 3.8) is 0 Å². The number of aromatic nitrogens is 1. The number of anilines is 1. The highest BCUT2D eigenvalue weighted by Gasteiger charge is 2.26.